The van der Waals surface area contributed by atoms with Crippen molar-refractivity contribution in [3.05, 3.63) is 71.7 Å². The Kier molecular flexibility index (Phi) is 6.63. The van der Waals surface area contributed by atoms with Gasteiger partial charge in [-0.3, -0.25) is 0 Å². The van der Waals surface area contributed by atoms with Crippen LogP contribution in [0.25, 0.3) is 22.6 Å². The Balaban J connectivity index is 2.45. The second-order valence-electron chi connectivity index (χ2n) is 6.86. The number of carbonyl (C=O) groups excluding carboxylic acids is 1. The highest BCUT2D eigenvalue weighted by Crippen LogP contribution is 2.52. The van der Waals surface area contributed by atoms with Crippen molar-refractivity contribution in [2.75, 3.05) is 6.61 Å². The largest absolute Gasteiger partial charge is 0.462 e. The van der Waals surface area contributed by atoms with E-state index in [1.807, 2.05) is 0 Å². The Hall–Kier alpha value is -3.57. The van der Waals surface area contributed by atoms with Crippen LogP contribution in [0, 0.1) is 5.82 Å². The lowest BCUT2D eigenvalue weighted by Gasteiger charge is -2.29. The van der Waals surface area contributed by atoms with Gasteiger partial charge in [0.25, 0.3) is 0 Å². The summed E-state index contributed by atoms with van der Waals surface area (Å²) in [5, 5.41) is 0. The van der Waals surface area contributed by atoms with Crippen molar-refractivity contribution in [2.45, 2.75) is 24.9 Å². The molecule has 3 rings (SSSR count). The zero-order chi connectivity index (χ0) is 25.3. The number of esters is 1. The fraction of sp³-hybridized carbons (Fsp3) is 0.227. The van der Waals surface area contributed by atoms with Gasteiger partial charge < -0.3 is 4.74 Å². The van der Waals surface area contributed by atoms with Crippen molar-refractivity contribution in [3.8, 4) is 22.6 Å². The second-order valence-corrected chi connectivity index (χ2v) is 6.86. The number of rotatable bonds is 6. The number of hydrogen-bond donors (Lipinski definition) is 0. The molecule has 2 aromatic carbocycles. The highest BCUT2D eigenvalue weighted by atomic mass is 19.4. The van der Waals surface area contributed by atoms with E-state index >= 15 is 0 Å². The van der Waals surface area contributed by atoms with Crippen LogP contribution in [-0.2, 0) is 10.7 Å². The number of benzene rings is 2. The molecule has 0 unspecified atom stereocenters. The van der Waals surface area contributed by atoms with Gasteiger partial charge in [0.05, 0.1) is 12.3 Å². The molecule has 4 nitrogen and oxygen atoms in total. The summed E-state index contributed by atoms with van der Waals surface area (Å²) in [5.74, 6) is -15.7. The predicted molar refractivity (Wildman–Crippen MR) is 104 cm³/mol. The summed E-state index contributed by atoms with van der Waals surface area (Å²) in [5.41, 5.74) is -4.44. The third-order valence-electron chi connectivity index (χ3n) is 4.59. The van der Waals surface area contributed by atoms with Crippen LogP contribution in [0.15, 0.2) is 54.6 Å². The molecule has 1 aromatic heterocycles. The summed E-state index contributed by atoms with van der Waals surface area (Å²) in [6.07, 6.45) is -6.68. The molecule has 0 spiro atoms. The monoisotopic (exact) mass is 490 g/mol. The number of ether oxygens (including phenoxy) is 1. The quantitative estimate of drug-likeness (QED) is 0.296. The van der Waals surface area contributed by atoms with Crippen LogP contribution < -0.4 is 0 Å². The molecule has 0 aliphatic heterocycles. The first-order chi connectivity index (χ1) is 15.8. The first-order valence-corrected chi connectivity index (χ1v) is 9.54. The smallest absolute Gasteiger partial charge is 0.460 e. The van der Waals surface area contributed by atoms with E-state index in [2.05, 4.69) is 14.7 Å². The van der Waals surface area contributed by atoms with Gasteiger partial charge in [-0.25, -0.2) is 19.2 Å². The molecule has 3 aromatic rings. The summed E-state index contributed by atoms with van der Waals surface area (Å²) in [6, 6.07) is 10.6. The zero-order valence-corrected chi connectivity index (χ0v) is 17.1. The molecule has 0 bridgehead atoms. The SMILES string of the molecule is CCOC(=O)c1c(-c2ccccc2)nc(-c2ccc(F)cc2)nc1C(F)(F)C(F)(F)C(F)(F)F. The standard InChI is InChI=1S/C22H14F8N2O2/c1-2-34-19(33)15-16(12-6-4-3-5-7-12)31-18(13-8-10-14(23)11-9-13)32-17(15)20(24,25)21(26,27)22(28,29)30/h3-11H,2H2,1H3. The average Bonchev–Trinajstić information content (AvgIpc) is 2.78. The van der Waals surface area contributed by atoms with E-state index in [1.54, 1.807) is 0 Å². The average molecular weight is 490 g/mol. The number of hydrogen-bond acceptors (Lipinski definition) is 4. The van der Waals surface area contributed by atoms with Gasteiger partial charge in [-0.1, -0.05) is 30.3 Å². The fourth-order valence-electron chi connectivity index (χ4n) is 2.94. The lowest BCUT2D eigenvalue weighted by molar-refractivity contribution is -0.360. The van der Waals surface area contributed by atoms with Crippen LogP contribution in [0.2, 0.25) is 0 Å². The van der Waals surface area contributed by atoms with Crippen LogP contribution in [0.4, 0.5) is 35.1 Å². The van der Waals surface area contributed by atoms with Crippen molar-refractivity contribution < 1.29 is 44.7 Å². The molecule has 0 amide bonds. The van der Waals surface area contributed by atoms with Gasteiger partial charge in [-0.2, -0.15) is 30.7 Å². The number of alkyl halides is 7. The topological polar surface area (TPSA) is 52.1 Å². The van der Waals surface area contributed by atoms with Gasteiger partial charge in [-0.05, 0) is 31.2 Å². The maximum Gasteiger partial charge on any atom is 0.460 e. The number of nitrogens with zero attached hydrogens (tertiary/aromatic N) is 2. The molecule has 0 saturated carbocycles. The number of aromatic nitrogens is 2. The molecule has 0 N–H and O–H groups in total. The molecule has 0 fully saturated rings. The number of halogens is 8. The highest BCUT2D eigenvalue weighted by Gasteiger charge is 2.75. The van der Waals surface area contributed by atoms with Crippen molar-refractivity contribution in [2.24, 2.45) is 0 Å². The van der Waals surface area contributed by atoms with E-state index in [-0.39, 0.29) is 11.1 Å². The lowest BCUT2D eigenvalue weighted by Crippen LogP contribution is -2.51. The van der Waals surface area contributed by atoms with Gasteiger partial charge in [0.15, 0.2) is 5.82 Å². The Morgan fingerprint density at radius 3 is 1.97 bits per heavy atom. The molecule has 0 aliphatic rings. The van der Waals surface area contributed by atoms with E-state index in [1.165, 1.54) is 37.3 Å². The van der Waals surface area contributed by atoms with Gasteiger partial charge in [0, 0.05) is 11.1 Å². The summed E-state index contributed by atoms with van der Waals surface area (Å²) in [7, 11) is 0. The Morgan fingerprint density at radius 2 is 1.44 bits per heavy atom. The molecule has 0 aliphatic carbocycles. The molecular weight excluding hydrogens is 476 g/mol. The van der Waals surface area contributed by atoms with E-state index in [9.17, 15) is 39.9 Å². The van der Waals surface area contributed by atoms with Crippen LogP contribution >= 0.6 is 0 Å². The van der Waals surface area contributed by atoms with E-state index in [0.29, 0.717) is 0 Å². The first-order valence-electron chi connectivity index (χ1n) is 9.54. The molecule has 1 heterocycles. The van der Waals surface area contributed by atoms with Crippen molar-refractivity contribution >= 4 is 5.97 Å². The predicted octanol–water partition coefficient (Wildman–Crippen LogP) is 6.42. The summed E-state index contributed by atoms with van der Waals surface area (Å²) < 4.78 is 115. The number of carbonyl (C=O) groups is 1. The minimum absolute atomic E-state index is 0.0660. The molecule has 0 radical (unpaired) electrons. The van der Waals surface area contributed by atoms with Crippen LogP contribution in [0.1, 0.15) is 23.0 Å². The van der Waals surface area contributed by atoms with Crippen molar-refractivity contribution in [1.29, 1.82) is 0 Å². The third kappa shape index (κ3) is 4.44. The third-order valence-corrected chi connectivity index (χ3v) is 4.59. The molecule has 34 heavy (non-hydrogen) atoms. The first kappa shape index (κ1) is 25.1. The molecule has 180 valence electrons. The zero-order valence-electron chi connectivity index (χ0n) is 17.1. The van der Waals surface area contributed by atoms with Crippen molar-refractivity contribution in [3.63, 3.8) is 0 Å². The minimum atomic E-state index is -6.68. The lowest BCUT2D eigenvalue weighted by atomic mass is 9.97. The second kappa shape index (κ2) is 8.99. The molecule has 0 atom stereocenters. The molecular formula is C22H14F8N2O2. The van der Waals surface area contributed by atoms with Gasteiger partial charge in [0.2, 0.25) is 0 Å². The Bertz CT molecular complexity index is 1180. The maximum atomic E-state index is 14.9. The minimum Gasteiger partial charge on any atom is -0.462 e. The van der Waals surface area contributed by atoms with Gasteiger partial charge >= 0.3 is 24.0 Å². The normalized spacial score (nSPS) is 12.5. The fourth-order valence-corrected chi connectivity index (χ4v) is 2.94. The van der Waals surface area contributed by atoms with E-state index in [0.717, 1.165) is 24.3 Å². The highest BCUT2D eigenvalue weighted by molar-refractivity contribution is 5.98. The molecule has 0 saturated heterocycles. The van der Waals surface area contributed by atoms with E-state index < -0.39 is 59.2 Å². The Morgan fingerprint density at radius 1 is 0.853 bits per heavy atom. The van der Waals surface area contributed by atoms with Gasteiger partial charge in [-0.15, -0.1) is 0 Å². The van der Waals surface area contributed by atoms with Gasteiger partial charge in [0.1, 0.15) is 17.1 Å². The molecule has 12 heteroatoms. The maximum absolute atomic E-state index is 14.9. The van der Waals surface area contributed by atoms with Crippen molar-refractivity contribution in [1.82, 2.24) is 9.97 Å². The van der Waals surface area contributed by atoms with E-state index in [4.69, 9.17) is 0 Å². The summed E-state index contributed by atoms with van der Waals surface area (Å²) in [6.45, 7) is 0.865. The van der Waals surface area contributed by atoms with Crippen LogP contribution in [0.3, 0.4) is 0 Å². The summed E-state index contributed by atoms with van der Waals surface area (Å²) in [4.78, 5) is 19.8. The summed E-state index contributed by atoms with van der Waals surface area (Å²) >= 11 is 0. The van der Waals surface area contributed by atoms with Crippen LogP contribution in [0.5, 0.6) is 0 Å². The Labute approximate surface area is 187 Å². The van der Waals surface area contributed by atoms with Crippen LogP contribution in [-0.4, -0.2) is 34.6 Å².